The molecule has 16 heavy (non-hydrogen) atoms. The van der Waals surface area contributed by atoms with E-state index in [1.54, 1.807) is 0 Å². The molecule has 0 saturated carbocycles. The predicted octanol–water partition coefficient (Wildman–Crippen LogP) is 3.72. The second-order valence-corrected chi connectivity index (χ2v) is 4.41. The van der Waals surface area contributed by atoms with Gasteiger partial charge in [0.15, 0.2) is 0 Å². The lowest BCUT2D eigenvalue weighted by atomic mass is 10.1. The van der Waals surface area contributed by atoms with E-state index in [2.05, 4.69) is 45.1 Å². The third-order valence-corrected chi connectivity index (χ3v) is 2.41. The average molecular weight is 221 g/mol. The summed E-state index contributed by atoms with van der Waals surface area (Å²) in [5.74, 6) is 1.55. The predicted molar refractivity (Wildman–Crippen MR) is 70.3 cm³/mol. The minimum atomic E-state index is 0.568. The number of rotatable bonds is 6. The van der Waals surface area contributed by atoms with Gasteiger partial charge in [-0.25, -0.2) is 0 Å². The van der Waals surface area contributed by atoms with Crippen LogP contribution in [0.4, 0.5) is 5.69 Å². The SMILES string of the molecule is CCNc1ccc(OCC(C)C)cc1CC. The van der Waals surface area contributed by atoms with Gasteiger partial charge in [0.25, 0.3) is 0 Å². The van der Waals surface area contributed by atoms with E-state index in [0.29, 0.717) is 5.92 Å². The van der Waals surface area contributed by atoms with Gasteiger partial charge in [0, 0.05) is 12.2 Å². The molecule has 0 atom stereocenters. The van der Waals surface area contributed by atoms with Crippen LogP contribution >= 0.6 is 0 Å². The Bertz CT molecular complexity index is 321. The van der Waals surface area contributed by atoms with Crippen LogP contribution in [0.2, 0.25) is 0 Å². The van der Waals surface area contributed by atoms with Crippen LogP contribution in [0.5, 0.6) is 5.75 Å². The van der Waals surface area contributed by atoms with Gasteiger partial charge in [0.05, 0.1) is 6.61 Å². The van der Waals surface area contributed by atoms with Gasteiger partial charge in [-0.3, -0.25) is 0 Å². The summed E-state index contributed by atoms with van der Waals surface area (Å²) in [5.41, 5.74) is 2.55. The zero-order chi connectivity index (χ0) is 12.0. The quantitative estimate of drug-likeness (QED) is 0.790. The van der Waals surface area contributed by atoms with Gasteiger partial charge in [0.2, 0.25) is 0 Å². The van der Waals surface area contributed by atoms with Crippen molar-refractivity contribution in [3.8, 4) is 5.75 Å². The first-order valence-corrected chi connectivity index (χ1v) is 6.17. The van der Waals surface area contributed by atoms with Gasteiger partial charge in [-0.2, -0.15) is 0 Å². The van der Waals surface area contributed by atoms with E-state index in [9.17, 15) is 0 Å². The maximum Gasteiger partial charge on any atom is 0.119 e. The van der Waals surface area contributed by atoms with E-state index in [0.717, 1.165) is 25.3 Å². The molecule has 1 aromatic rings. The topological polar surface area (TPSA) is 21.3 Å². The molecule has 0 saturated heterocycles. The van der Waals surface area contributed by atoms with E-state index in [1.165, 1.54) is 11.3 Å². The minimum Gasteiger partial charge on any atom is -0.493 e. The Labute approximate surface area is 99.0 Å². The van der Waals surface area contributed by atoms with E-state index in [1.807, 2.05) is 6.07 Å². The molecule has 0 unspecified atom stereocenters. The molecule has 90 valence electrons. The van der Waals surface area contributed by atoms with Crippen molar-refractivity contribution in [2.75, 3.05) is 18.5 Å². The zero-order valence-corrected chi connectivity index (χ0v) is 10.8. The third-order valence-electron chi connectivity index (χ3n) is 2.41. The molecule has 1 N–H and O–H groups in total. The third kappa shape index (κ3) is 3.76. The summed E-state index contributed by atoms with van der Waals surface area (Å²) < 4.78 is 5.72. The van der Waals surface area contributed by atoms with E-state index >= 15 is 0 Å². The normalized spacial score (nSPS) is 10.6. The Kier molecular flexibility index (Phi) is 5.17. The highest BCUT2D eigenvalue weighted by molar-refractivity contribution is 5.54. The molecule has 0 aliphatic rings. The number of benzene rings is 1. The summed E-state index contributed by atoms with van der Waals surface area (Å²) in [4.78, 5) is 0. The fourth-order valence-corrected chi connectivity index (χ4v) is 1.58. The van der Waals surface area contributed by atoms with Crippen molar-refractivity contribution >= 4 is 5.69 Å². The maximum atomic E-state index is 5.72. The summed E-state index contributed by atoms with van der Waals surface area (Å²) >= 11 is 0. The van der Waals surface area contributed by atoms with Crippen LogP contribution in [-0.2, 0) is 6.42 Å². The largest absolute Gasteiger partial charge is 0.493 e. The van der Waals surface area contributed by atoms with E-state index < -0.39 is 0 Å². The number of hydrogen-bond donors (Lipinski definition) is 1. The van der Waals surface area contributed by atoms with Crippen LogP contribution in [0, 0.1) is 5.92 Å². The Morgan fingerprint density at radius 1 is 1.25 bits per heavy atom. The van der Waals surface area contributed by atoms with Gasteiger partial charge < -0.3 is 10.1 Å². The first-order chi connectivity index (χ1) is 7.67. The van der Waals surface area contributed by atoms with Gasteiger partial charge >= 0.3 is 0 Å². The van der Waals surface area contributed by atoms with Crippen LogP contribution in [0.1, 0.15) is 33.3 Å². The second kappa shape index (κ2) is 6.41. The fourth-order valence-electron chi connectivity index (χ4n) is 1.58. The maximum absolute atomic E-state index is 5.72. The van der Waals surface area contributed by atoms with Crippen molar-refractivity contribution in [1.82, 2.24) is 0 Å². The van der Waals surface area contributed by atoms with Crippen LogP contribution in [0.15, 0.2) is 18.2 Å². The van der Waals surface area contributed by atoms with Crippen molar-refractivity contribution in [2.24, 2.45) is 5.92 Å². The summed E-state index contributed by atoms with van der Waals surface area (Å²) in [6.07, 6.45) is 1.03. The molecule has 0 fully saturated rings. The average Bonchev–Trinajstić information content (AvgIpc) is 2.28. The Morgan fingerprint density at radius 2 is 2.00 bits per heavy atom. The molecule has 0 amide bonds. The summed E-state index contributed by atoms with van der Waals surface area (Å²) in [6.45, 7) is 10.3. The van der Waals surface area contributed by atoms with Gasteiger partial charge in [-0.15, -0.1) is 0 Å². The van der Waals surface area contributed by atoms with Crippen molar-refractivity contribution in [1.29, 1.82) is 0 Å². The van der Waals surface area contributed by atoms with Gasteiger partial charge in [-0.05, 0) is 43.0 Å². The molecular formula is C14H23NO. The molecule has 0 aromatic heterocycles. The first kappa shape index (κ1) is 12.9. The number of ether oxygens (including phenoxy) is 1. The van der Waals surface area contributed by atoms with Gasteiger partial charge in [0.1, 0.15) is 5.75 Å². The number of anilines is 1. The van der Waals surface area contributed by atoms with Gasteiger partial charge in [-0.1, -0.05) is 20.8 Å². The standard InChI is InChI=1S/C14H23NO/c1-5-12-9-13(16-10-11(3)4)7-8-14(12)15-6-2/h7-9,11,15H,5-6,10H2,1-4H3. The lowest BCUT2D eigenvalue weighted by Crippen LogP contribution is -2.05. The molecule has 0 radical (unpaired) electrons. The van der Waals surface area contributed by atoms with E-state index in [-0.39, 0.29) is 0 Å². The lowest BCUT2D eigenvalue weighted by Gasteiger charge is -2.13. The molecule has 1 aromatic carbocycles. The fraction of sp³-hybridized carbons (Fsp3) is 0.571. The lowest BCUT2D eigenvalue weighted by molar-refractivity contribution is 0.271. The summed E-state index contributed by atoms with van der Waals surface area (Å²) in [7, 11) is 0. The Hall–Kier alpha value is -1.18. The highest BCUT2D eigenvalue weighted by Crippen LogP contribution is 2.23. The molecule has 0 bridgehead atoms. The molecule has 0 aliphatic carbocycles. The van der Waals surface area contributed by atoms with Crippen molar-refractivity contribution in [3.63, 3.8) is 0 Å². The van der Waals surface area contributed by atoms with Crippen LogP contribution in [-0.4, -0.2) is 13.2 Å². The Morgan fingerprint density at radius 3 is 2.56 bits per heavy atom. The van der Waals surface area contributed by atoms with Crippen molar-refractivity contribution < 1.29 is 4.74 Å². The molecule has 0 aliphatic heterocycles. The van der Waals surface area contributed by atoms with Crippen LogP contribution in [0.25, 0.3) is 0 Å². The number of aryl methyl sites for hydroxylation is 1. The summed E-state index contributed by atoms with van der Waals surface area (Å²) in [5, 5.41) is 3.36. The highest BCUT2D eigenvalue weighted by Gasteiger charge is 2.03. The second-order valence-electron chi connectivity index (χ2n) is 4.41. The summed E-state index contributed by atoms with van der Waals surface area (Å²) in [6, 6.07) is 6.29. The number of hydrogen-bond acceptors (Lipinski definition) is 2. The minimum absolute atomic E-state index is 0.568. The monoisotopic (exact) mass is 221 g/mol. The highest BCUT2D eigenvalue weighted by atomic mass is 16.5. The van der Waals surface area contributed by atoms with Crippen molar-refractivity contribution in [3.05, 3.63) is 23.8 Å². The zero-order valence-electron chi connectivity index (χ0n) is 10.8. The van der Waals surface area contributed by atoms with E-state index in [4.69, 9.17) is 4.74 Å². The molecule has 2 heteroatoms. The molecule has 0 heterocycles. The van der Waals surface area contributed by atoms with Crippen LogP contribution < -0.4 is 10.1 Å². The van der Waals surface area contributed by atoms with Crippen LogP contribution in [0.3, 0.4) is 0 Å². The molecule has 0 spiro atoms. The molecular weight excluding hydrogens is 198 g/mol. The Balaban J connectivity index is 2.74. The first-order valence-electron chi connectivity index (χ1n) is 6.17. The number of nitrogens with one attached hydrogen (secondary N) is 1. The molecule has 2 nitrogen and oxygen atoms in total. The van der Waals surface area contributed by atoms with Crippen molar-refractivity contribution in [2.45, 2.75) is 34.1 Å². The molecule has 1 rings (SSSR count). The smallest absolute Gasteiger partial charge is 0.119 e.